The Kier molecular flexibility index (Phi) is 5.15. The molecule has 5 heteroatoms. The lowest BCUT2D eigenvalue weighted by Crippen LogP contribution is -2.28. The molecule has 2 rings (SSSR count). The first-order valence-electron chi connectivity index (χ1n) is 6.69. The van der Waals surface area contributed by atoms with E-state index in [1.54, 1.807) is 7.11 Å². The largest absolute Gasteiger partial charge is 0.392 e. The average molecular weight is 276 g/mol. The van der Waals surface area contributed by atoms with E-state index in [4.69, 9.17) is 4.74 Å². The smallest absolute Gasteiger partial charge is 0.239 e. The molecule has 0 saturated heterocycles. The molecule has 5 nitrogen and oxygen atoms in total. The Morgan fingerprint density at radius 1 is 1.40 bits per heavy atom. The number of rotatable bonds is 7. The van der Waals surface area contributed by atoms with Crippen LogP contribution in [0.2, 0.25) is 0 Å². The highest BCUT2D eigenvalue weighted by atomic mass is 16.5. The zero-order valence-corrected chi connectivity index (χ0v) is 11.6. The lowest BCUT2D eigenvalue weighted by atomic mass is 10.2. The van der Waals surface area contributed by atoms with E-state index in [1.165, 1.54) is 0 Å². The van der Waals surface area contributed by atoms with E-state index < -0.39 is 0 Å². The molecule has 108 valence electrons. The molecule has 0 aliphatic heterocycles. The second-order valence-corrected chi connectivity index (χ2v) is 4.69. The maximum absolute atomic E-state index is 11.8. The summed E-state index contributed by atoms with van der Waals surface area (Å²) in [6, 6.07) is 7.72. The maximum Gasteiger partial charge on any atom is 0.239 e. The zero-order chi connectivity index (χ0) is 14.4. The van der Waals surface area contributed by atoms with E-state index >= 15 is 0 Å². The molecule has 0 aliphatic rings. The number of aliphatic hydroxyl groups excluding tert-OH is 1. The lowest BCUT2D eigenvalue weighted by molar-refractivity contribution is -0.121. The van der Waals surface area contributed by atoms with Crippen molar-refractivity contribution in [2.45, 2.75) is 19.6 Å². The van der Waals surface area contributed by atoms with E-state index in [1.807, 2.05) is 35.0 Å². The van der Waals surface area contributed by atoms with Crippen molar-refractivity contribution < 1.29 is 14.6 Å². The summed E-state index contributed by atoms with van der Waals surface area (Å²) >= 11 is 0. The highest BCUT2D eigenvalue weighted by Gasteiger charge is 2.06. The van der Waals surface area contributed by atoms with Crippen molar-refractivity contribution in [2.75, 3.05) is 20.3 Å². The Balaban J connectivity index is 2.00. The van der Waals surface area contributed by atoms with Crippen LogP contribution in [0.4, 0.5) is 0 Å². The highest BCUT2D eigenvalue weighted by molar-refractivity contribution is 5.83. The Hall–Kier alpha value is -1.85. The number of aliphatic hydroxyl groups is 1. The molecule has 0 saturated carbocycles. The van der Waals surface area contributed by atoms with Gasteiger partial charge in [-0.25, -0.2) is 0 Å². The fourth-order valence-electron chi connectivity index (χ4n) is 2.12. The molecular formula is C15H20N2O3. The number of nitrogens with one attached hydrogen (secondary N) is 1. The normalized spacial score (nSPS) is 10.9. The average Bonchev–Trinajstić information content (AvgIpc) is 2.86. The van der Waals surface area contributed by atoms with Crippen molar-refractivity contribution in [2.24, 2.45) is 0 Å². The minimum atomic E-state index is -0.0204. The zero-order valence-electron chi connectivity index (χ0n) is 11.6. The van der Waals surface area contributed by atoms with Crippen molar-refractivity contribution in [1.29, 1.82) is 0 Å². The predicted octanol–water partition coefficient (Wildman–Crippen LogP) is 1.29. The molecule has 0 bridgehead atoms. The van der Waals surface area contributed by atoms with Gasteiger partial charge in [-0.2, -0.15) is 0 Å². The number of hydrogen-bond donors (Lipinski definition) is 2. The second kappa shape index (κ2) is 7.07. The SMILES string of the molecule is COCCCNC(=O)Cn1ccc2ccc(CO)cc21. The van der Waals surface area contributed by atoms with E-state index in [2.05, 4.69) is 5.32 Å². The van der Waals surface area contributed by atoms with Gasteiger partial charge in [0, 0.05) is 32.0 Å². The maximum atomic E-state index is 11.8. The minimum Gasteiger partial charge on any atom is -0.392 e. The quantitative estimate of drug-likeness (QED) is 0.749. The third-order valence-electron chi connectivity index (χ3n) is 3.18. The van der Waals surface area contributed by atoms with Crippen LogP contribution in [0.1, 0.15) is 12.0 Å². The summed E-state index contributed by atoms with van der Waals surface area (Å²) in [6.07, 6.45) is 2.70. The van der Waals surface area contributed by atoms with Gasteiger partial charge in [0.2, 0.25) is 5.91 Å². The molecule has 0 radical (unpaired) electrons. The monoisotopic (exact) mass is 276 g/mol. The Morgan fingerprint density at radius 3 is 3.00 bits per heavy atom. The van der Waals surface area contributed by atoms with Gasteiger partial charge in [-0.1, -0.05) is 12.1 Å². The number of carbonyl (C=O) groups is 1. The van der Waals surface area contributed by atoms with Crippen molar-refractivity contribution in [3.8, 4) is 0 Å². The molecule has 0 fully saturated rings. The van der Waals surface area contributed by atoms with Gasteiger partial charge >= 0.3 is 0 Å². The van der Waals surface area contributed by atoms with Crippen LogP contribution in [-0.4, -0.2) is 35.8 Å². The van der Waals surface area contributed by atoms with Gasteiger partial charge in [-0.15, -0.1) is 0 Å². The fraction of sp³-hybridized carbons (Fsp3) is 0.400. The Bertz CT molecular complexity index is 578. The highest BCUT2D eigenvalue weighted by Crippen LogP contribution is 2.17. The van der Waals surface area contributed by atoms with Gasteiger partial charge in [0.05, 0.1) is 6.61 Å². The number of benzene rings is 1. The molecule has 1 heterocycles. The number of amides is 1. The van der Waals surface area contributed by atoms with Gasteiger partial charge in [0.25, 0.3) is 0 Å². The molecule has 2 N–H and O–H groups in total. The van der Waals surface area contributed by atoms with Gasteiger partial charge in [-0.05, 0) is 29.5 Å². The van der Waals surface area contributed by atoms with Crippen LogP contribution in [0.15, 0.2) is 30.5 Å². The van der Waals surface area contributed by atoms with Crippen molar-refractivity contribution in [3.05, 3.63) is 36.0 Å². The first kappa shape index (κ1) is 14.6. The third-order valence-corrected chi connectivity index (χ3v) is 3.18. The number of fused-ring (bicyclic) bond motifs is 1. The summed E-state index contributed by atoms with van der Waals surface area (Å²) < 4.78 is 6.82. The number of methoxy groups -OCH3 is 1. The number of aromatic nitrogens is 1. The van der Waals surface area contributed by atoms with E-state index in [0.717, 1.165) is 22.9 Å². The van der Waals surface area contributed by atoms with E-state index in [9.17, 15) is 9.90 Å². The molecule has 0 spiro atoms. The lowest BCUT2D eigenvalue weighted by Gasteiger charge is -2.08. The van der Waals surface area contributed by atoms with Gasteiger partial charge in [0.15, 0.2) is 0 Å². The molecular weight excluding hydrogens is 256 g/mol. The van der Waals surface area contributed by atoms with Gasteiger partial charge in [0.1, 0.15) is 6.54 Å². The van der Waals surface area contributed by atoms with Gasteiger partial charge < -0.3 is 19.7 Å². The van der Waals surface area contributed by atoms with Crippen molar-refractivity contribution in [3.63, 3.8) is 0 Å². The summed E-state index contributed by atoms with van der Waals surface area (Å²) in [5, 5.41) is 13.1. The standard InChI is InChI=1S/C15H20N2O3/c1-20-8-2-6-16-15(19)10-17-7-5-13-4-3-12(11-18)9-14(13)17/h3-5,7,9,18H,2,6,8,10-11H2,1H3,(H,16,19). The fourth-order valence-corrected chi connectivity index (χ4v) is 2.12. The molecule has 2 aromatic rings. The first-order valence-corrected chi connectivity index (χ1v) is 6.69. The van der Waals surface area contributed by atoms with Crippen LogP contribution >= 0.6 is 0 Å². The van der Waals surface area contributed by atoms with E-state index in [0.29, 0.717) is 13.2 Å². The third kappa shape index (κ3) is 3.59. The Morgan fingerprint density at radius 2 is 2.25 bits per heavy atom. The molecule has 20 heavy (non-hydrogen) atoms. The molecule has 1 amide bonds. The molecule has 0 unspecified atom stereocenters. The number of ether oxygens (including phenoxy) is 1. The molecule has 1 aromatic heterocycles. The molecule has 0 atom stereocenters. The number of carbonyl (C=O) groups excluding carboxylic acids is 1. The first-order chi connectivity index (χ1) is 9.74. The summed E-state index contributed by atoms with van der Waals surface area (Å²) in [4.78, 5) is 11.8. The summed E-state index contributed by atoms with van der Waals surface area (Å²) in [7, 11) is 1.65. The van der Waals surface area contributed by atoms with Crippen LogP contribution in [0, 0.1) is 0 Å². The topological polar surface area (TPSA) is 63.5 Å². The van der Waals surface area contributed by atoms with Crippen LogP contribution in [0.25, 0.3) is 10.9 Å². The van der Waals surface area contributed by atoms with E-state index in [-0.39, 0.29) is 19.1 Å². The summed E-state index contributed by atoms with van der Waals surface area (Å²) in [6.45, 7) is 1.55. The molecule has 1 aromatic carbocycles. The number of nitrogens with zero attached hydrogens (tertiary/aromatic N) is 1. The number of hydrogen-bond acceptors (Lipinski definition) is 3. The predicted molar refractivity (Wildman–Crippen MR) is 77.4 cm³/mol. The minimum absolute atomic E-state index is 0.00430. The van der Waals surface area contributed by atoms with Crippen LogP contribution in [0.3, 0.4) is 0 Å². The molecule has 0 aliphatic carbocycles. The van der Waals surface area contributed by atoms with Crippen LogP contribution in [-0.2, 0) is 22.7 Å². The van der Waals surface area contributed by atoms with Crippen LogP contribution in [0.5, 0.6) is 0 Å². The summed E-state index contributed by atoms with van der Waals surface area (Å²) in [5.41, 5.74) is 1.81. The second-order valence-electron chi connectivity index (χ2n) is 4.69. The summed E-state index contributed by atoms with van der Waals surface area (Å²) in [5.74, 6) is -0.0204. The van der Waals surface area contributed by atoms with Crippen molar-refractivity contribution >= 4 is 16.8 Å². The van der Waals surface area contributed by atoms with Crippen molar-refractivity contribution in [1.82, 2.24) is 9.88 Å². The van der Waals surface area contributed by atoms with Gasteiger partial charge in [-0.3, -0.25) is 4.79 Å². The Labute approximate surface area is 118 Å². The van der Waals surface area contributed by atoms with Crippen LogP contribution < -0.4 is 5.32 Å².